The van der Waals surface area contributed by atoms with Crippen molar-refractivity contribution in [3.05, 3.63) is 71.8 Å². The van der Waals surface area contributed by atoms with Gasteiger partial charge in [-0.15, -0.1) is 0 Å². The molecule has 1 heterocycles. The van der Waals surface area contributed by atoms with Gasteiger partial charge in [0.25, 0.3) is 0 Å². The van der Waals surface area contributed by atoms with Crippen molar-refractivity contribution in [3.8, 4) is 0 Å². The van der Waals surface area contributed by atoms with Gasteiger partial charge in [-0.25, -0.2) is 0 Å². The lowest BCUT2D eigenvalue weighted by Crippen LogP contribution is -2.52. The molecule has 1 aliphatic rings. The summed E-state index contributed by atoms with van der Waals surface area (Å²) in [5.74, 6) is -1.23. The molecule has 2 aromatic carbocycles. The summed E-state index contributed by atoms with van der Waals surface area (Å²) < 4.78 is 0. The number of hydrogen-bond acceptors (Lipinski definition) is 4. The first-order chi connectivity index (χ1) is 13.6. The third-order valence-electron chi connectivity index (χ3n) is 5.30. The van der Waals surface area contributed by atoms with Crippen molar-refractivity contribution in [2.24, 2.45) is 0 Å². The Labute approximate surface area is 166 Å². The Morgan fingerprint density at radius 2 is 1.64 bits per heavy atom. The zero-order valence-electron chi connectivity index (χ0n) is 16.1. The van der Waals surface area contributed by atoms with Crippen molar-refractivity contribution >= 4 is 11.8 Å². The number of aliphatic carboxylic acids is 1. The summed E-state index contributed by atoms with van der Waals surface area (Å²) in [6, 6.07) is 21.5. The van der Waals surface area contributed by atoms with Crippen molar-refractivity contribution < 1.29 is 14.7 Å². The minimum absolute atomic E-state index is 0.171. The average Bonchev–Trinajstić information content (AvgIpc) is 2.70. The van der Waals surface area contributed by atoms with Crippen LogP contribution in [0, 0.1) is 0 Å². The van der Waals surface area contributed by atoms with Crippen LogP contribution in [-0.4, -0.2) is 47.4 Å². The standard InChI is InChI=1S/C23H28N2O3/c26-21(16-22(27)28)13-7-12-20-17-24-14-15-25(20)23(18-8-3-1-4-9-18)19-10-5-2-6-11-19/h1-6,8-11,20,23-24H,7,12-17H2,(H,27,28). The van der Waals surface area contributed by atoms with E-state index in [1.165, 1.54) is 11.1 Å². The van der Waals surface area contributed by atoms with Crippen LogP contribution in [0.4, 0.5) is 0 Å². The monoisotopic (exact) mass is 380 g/mol. The van der Waals surface area contributed by atoms with Crippen molar-refractivity contribution in [2.45, 2.75) is 37.8 Å². The number of ketones is 1. The highest BCUT2D eigenvalue weighted by Crippen LogP contribution is 2.32. The lowest BCUT2D eigenvalue weighted by atomic mass is 9.93. The Hall–Kier alpha value is -2.50. The second kappa shape index (κ2) is 10.2. The average molecular weight is 380 g/mol. The van der Waals surface area contributed by atoms with Gasteiger partial charge in [0.2, 0.25) is 0 Å². The first-order valence-electron chi connectivity index (χ1n) is 9.95. The molecular weight excluding hydrogens is 352 g/mol. The number of carboxylic acid groups (broad SMARTS) is 1. The summed E-state index contributed by atoms with van der Waals surface area (Å²) in [5, 5.41) is 12.2. The molecule has 0 radical (unpaired) electrons. The van der Waals surface area contributed by atoms with Crippen LogP contribution in [0.15, 0.2) is 60.7 Å². The van der Waals surface area contributed by atoms with E-state index in [0.717, 1.165) is 26.1 Å². The van der Waals surface area contributed by atoms with E-state index in [1.807, 2.05) is 12.1 Å². The van der Waals surface area contributed by atoms with Gasteiger partial charge in [-0.1, -0.05) is 60.7 Å². The molecule has 0 saturated carbocycles. The van der Waals surface area contributed by atoms with Crippen molar-refractivity contribution in [3.63, 3.8) is 0 Å². The fourth-order valence-corrected chi connectivity index (χ4v) is 4.02. The molecule has 2 N–H and O–H groups in total. The highest BCUT2D eigenvalue weighted by Gasteiger charge is 2.30. The van der Waals surface area contributed by atoms with E-state index < -0.39 is 5.97 Å². The highest BCUT2D eigenvalue weighted by molar-refractivity contribution is 5.94. The van der Waals surface area contributed by atoms with Gasteiger partial charge < -0.3 is 10.4 Å². The molecule has 28 heavy (non-hydrogen) atoms. The fraction of sp³-hybridized carbons (Fsp3) is 0.391. The van der Waals surface area contributed by atoms with E-state index in [4.69, 9.17) is 5.11 Å². The van der Waals surface area contributed by atoms with Gasteiger partial charge in [0.05, 0.1) is 6.04 Å². The smallest absolute Gasteiger partial charge is 0.310 e. The number of benzene rings is 2. The van der Waals surface area contributed by atoms with Crippen LogP contribution in [-0.2, 0) is 9.59 Å². The molecule has 0 bridgehead atoms. The molecule has 1 atom stereocenters. The normalized spacial score (nSPS) is 17.5. The maximum Gasteiger partial charge on any atom is 0.310 e. The van der Waals surface area contributed by atoms with Crippen molar-refractivity contribution in [2.75, 3.05) is 19.6 Å². The van der Waals surface area contributed by atoms with E-state index >= 15 is 0 Å². The summed E-state index contributed by atoms with van der Waals surface area (Å²) in [6.07, 6.45) is 1.54. The largest absolute Gasteiger partial charge is 0.481 e. The molecule has 3 rings (SSSR count). The number of nitrogens with zero attached hydrogens (tertiary/aromatic N) is 1. The van der Waals surface area contributed by atoms with E-state index in [-0.39, 0.29) is 18.2 Å². The predicted molar refractivity (Wildman–Crippen MR) is 109 cm³/mol. The third-order valence-corrected chi connectivity index (χ3v) is 5.30. The van der Waals surface area contributed by atoms with E-state index in [1.54, 1.807) is 0 Å². The summed E-state index contributed by atoms with van der Waals surface area (Å²) in [6.45, 7) is 2.75. The zero-order chi connectivity index (χ0) is 19.8. The molecule has 5 heteroatoms. The second-order valence-electron chi connectivity index (χ2n) is 7.32. The quantitative estimate of drug-likeness (QED) is 0.654. The predicted octanol–water partition coefficient (Wildman–Crippen LogP) is 3.26. The number of rotatable bonds is 9. The summed E-state index contributed by atoms with van der Waals surface area (Å²) in [4.78, 5) is 25.0. The molecule has 2 aromatic rings. The minimum atomic E-state index is -1.04. The number of hydrogen-bond donors (Lipinski definition) is 2. The lowest BCUT2D eigenvalue weighted by molar-refractivity contribution is -0.140. The van der Waals surface area contributed by atoms with Gasteiger partial charge in [0, 0.05) is 32.1 Å². The van der Waals surface area contributed by atoms with E-state index in [2.05, 4.69) is 58.7 Å². The number of carbonyl (C=O) groups is 2. The minimum Gasteiger partial charge on any atom is -0.481 e. The SMILES string of the molecule is O=C(O)CC(=O)CCCC1CNCCN1C(c1ccccc1)c1ccccc1. The van der Waals surface area contributed by atoms with E-state index in [9.17, 15) is 9.59 Å². The molecule has 1 saturated heterocycles. The fourth-order valence-electron chi connectivity index (χ4n) is 4.02. The van der Waals surface area contributed by atoms with Crippen LogP contribution in [0.2, 0.25) is 0 Å². The number of Topliss-reactive ketones (excluding diaryl/α,β-unsaturated/α-hetero) is 1. The number of carboxylic acids is 1. The topological polar surface area (TPSA) is 69.6 Å². The molecule has 1 fully saturated rings. The van der Waals surface area contributed by atoms with Crippen LogP contribution in [0.25, 0.3) is 0 Å². The van der Waals surface area contributed by atoms with Gasteiger partial charge in [-0.3, -0.25) is 14.5 Å². The summed E-state index contributed by atoms with van der Waals surface area (Å²) in [7, 11) is 0. The van der Waals surface area contributed by atoms with Crippen LogP contribution in [0.3, 0.4) is 0 Å². The Kier molecular flexibility index (Phi) is 7.34. The molecule has 0 amide bonds. The maximum atomic E-state index is 11.7. The molecule has 0 aromatic heterocycles. The maximum absolute atomic E-state index is 11.7. The first-order valence-corrected chi connectivity index (χ1v) is 9.95. The summed E-state index contributed by atoms with van der Waals surface area (Å²) >= 11 is 0. The van der Waals surface area contributed by atoms with Gasteiger partial charge in [0.1, 0.15) is 12.2 Å². The molecule has 5 nitrogen and oxygen atoms in total. The van der Waals surface area contributed by atoms with E-state index in [0.29, 0.717) is 18.9 Å². The lowest BCUT2D eigenvalue weighted by Gasteiger charge is -2.42. The van der Waals surface area contributed by atoms with Gasteiger partial charge >= 0.3 is 5.97 Å². The van der Waals surface area contributed by atoms with Crippen LogP contribution >= 0.6 is 0 Å². The molecule has 1 unspecified atom stereocenters. The Balaban J connectivity index is 1.75. The van der Waals surface area contributed by atoms with Crippen molar-refractivity contribution in [1.82, 2.24) is 10.2 Å². The number of carbonyl (C=O) groups excluding carboxylic acids is 1. The Bertz CT molecular complexity index is 724. The number of piperazine rings is 1. The van der Waals surface area contributed by atoms with Crippen LogP contribution in [0.5, 0.6) is 0 Å². The highest BCUT2D eigenvalue weighted by atomic mass is 16.4. The number of nitrogens with one attached hydrogen (secondary N) is 1. The van der Waals surface area contributed by atoms with Gasteiger partial charge in [-0.2, -0.15) is 0 Å². The Morgan fingerprint density at radius 3 is 2.21 bits per heavy atom. The van der Waals surface area contributed by atoms with Gasteiger partial charge in [-0.05, 0) is 24.0 Å². The summed E-state index contributed by atoms with van der Waals surface area (Å²) in [5.41, 5.74) is 2.53. The molecule has 0 aliphatic carbocycles. The molecule has 1 aliphatic heterocycles. The second-order valence-corrected chi connectivity index (χ2v) is 7.32. The molecular formula is C23H28N2O3. The Morgan fingerprint density at radius 1 is 1.04 bits per heavy atom. The van der Waals surface area contributed by atoms with Crippen molar-refractivity contribution in [1.29, 1.82) is 0 Å². The third kappa shape index (κ3) is 5.50. The zero-order valence-corrected chi connectivity index (χ0v) is 16.1. The molecule has 0 spiro atoms. The van der Waals surface area contributed by atoms with Gasteiger partial charge in [0.15, 0.2) is 0 Å². The van der Waals surface area contributed by atoms with Crippen LogP contribution < -0.4 is 5.32 Å². The van der Waals surface area contributed by atoms with Crippen LogP contribution in [0.1, 0.15) is 42.9 Å². The first kappa shape index (κ1) is 20.2. The molecule has 148 valence electrons.